The fourth-order valence-corrected chi connectivity index (χ4v) is 6.07. The number of carbonyl (C=O) groups is 2. The highest BCUT2D eigenvalue weighted by atomic mass is 19.1. The van der Waals surface area contributed by atoms with Gasteiger partial charge in [0.15, 0.2) is 0 Å². The van der Waals surface area contributed by atoms with E-state index >= 15 is 0 Å². The molecule has 5 heteroatoms. The number of carbonyl (C=O) groups excluding carboxylic acids is 2. The molecule has 2 amide bonds. The second-order valence-corrected chi connectivity index (χ2v) is 8.62. The topological polar surface area (TPSA) is 58.2 Å². The van der Waals surface area contributed by atoms with Crippen LogP contribution in [0.1, 0.15) is 51.0 Å². The molecule has 2 N–H and O–H groups in total. The van der Waals surface area contributed by atoms with Gasteiger partial charge in [0.1, 0.15) is 5.82 Å². The van der Waals surface area contributed by atoms with Gasteiger partial charge in [-0.15, -0.1) is 0 Å². The first-order chi connectivity index (χ1) is 11.8. The van der Waals surface area contributed by atoms with Crippen LogP contribution in [0.25, 0.3) is 0 Å². The lowest BCUT2D eigenvalue weighted by molar-refractivity contribution is -0.148. The van der Waals surface area contributed by atoms with Crippen molar-refractivity contribution in [1.82, 2.24) is 5.32 Å². The highest BCUT2D eigenvalue weighted by Crippen LogP contribution is 2.61. The predicted molar refractivity (Wildman–Crippen MR) is 93.4 cm³/mol. The van der Waals surface area contributed by atoms with Gasteiger partial charge < -0.3 is 10.6 Å². The molecule has 0 radical (unpaired) electrons. The average Bonchev–Trinajstić information content (AvgIpc) is 2.47. The molecule has 1 aromatic rings. The Morgan fingerprint density at radius 1 is 1.16 bits per heavy atom. The SMILES string of the molecule is CC(=O)NC12CC3CC(C1)CC(C(=O)Nc1ccc(F)cc1C)(C3)C2. The zero-order chi connectivity index (χ0) is 17.8. The molecule has 25 heavy (non-hydrogen) atoms. The Hall–Kier alpha value is -1.91. The Bertz CT molecular complexity index is 731. The van der Waals surface area contributed by atoms with E-state index in [0.717, 1.165) is 37.7 Å². The minimum Gasteiger partial charge on any atom is -0.351 e. The maximum Gasteiger partial charge on any atom is 0.230 e. The van der Waals surface area contributed by atoms with E-state index in [2.05, 4.69) is 10.6 Å². The number of halogens is 1. The van der Waals surface area contributed by atoms with Crippen molar-refractivity contribution in [1.29, 1.82) is 0 Å². The Kier molecular flexibility index (Phi) is 3.67. The Labute approximate surface area is 147 Å². The molecule has 2 unspecified atom stereocenters. The van der Waals surface area contributed by atoms with E-state index in [9.17, 15) is 14.0 Å². The van der Waals surface area contributed by atoms with Crippen LogP contribution in [0, 0.1) is 30.0 Å². The summed E-state index contributed by atoms with van der Waals surface area (Å²) in [4.78, 5) is 24.9. The Morgan fingerprint density at radius 2 is 1.84 bits per heavy atom. The molecule has 2 atom stereocenters. The number of hydrogen-bond donors (Lipinski definition) is 2. The van der Waals surface area contributed by atoms with Gasteiger partial charge in [-0.2, -0.15) is 0 Å². The minimum absolute atomic E-state index is 0.00751. The zero-order valence-corrected chi connectivity index (χ0v) is 14.8. The summed E-state index contributed by atoms with van der Waals surface area (Å²) in [5, 5.41) is 6.23. The molecule has 0 spiro atoms. The minimum atomic E-state index is -0.409. The molecule has 4 aliphatic rings. The molecule has 4 bridgehead atoms. The van der Waals surface area contributed by atoms with Crippen LogP contribution >= 0.6 is 0 Å². The molecule has 4 aliphatic carbocycles. The number of anilines is 1. The van der Waals surface area contributed by atoms with E-state index in [-0.39, 0.29) is 23.2 Å². The summed E-state index contributed by atoms with van der Waals surface area (Å²) in [5.74, 6) is 0.745. The number of benzene rings is 1. The van der Waals surface area contributed by atoms with Crippen molar-refractivity contribution in [2.24, 2.45) is 17.3 Å². The van der Waals surface area contributed by atoms with E-state index in [0.29, 0.717) is 17.5 Å². The summed E-state index contributed by atoms with van der Waals surface area (Å²) in [6.07, 6.45) is 5.68. The molecule has 134 valence electrons. The number of aryl methyl sites for hydroxylation is 1. The van der Waals surface area contributed by atoms with Crippen molar-refractivity contribution in [3.8, 4) is 0 Å². The Balaban J connectivity index is 1.60. The lowest BCUT2D eigenvalue weighted by Crippen LogP contribution is -2.65. The molecule has 0 saturated heterocycles. The lowest BCUT2D eigenvalue weighted by atomic mass is 9.46. The van der Waals surface area contributed by atoms with E-state index in [1.54, 1.807) is 19.9 Å². The molecule has 0 heterocycles. The van der Waals surface area contributed by atoms with E-state index in [4.69, 9.17) is 0 Å². The fraction of sp³-hybridized carbons (Fsp3) is 0.600. The first kappa shape index (κ1) is 16.6. The van der Waals surface area contributed by atoms with Gasteiger partial charge in [0.25, 0.3) is 0 Å². The first-order valence-corrected chi connectivity index (χ1v) is 9.16. The zero-order valence-electron chi connectivity index (χ0n) is 14.8. The summed E-state index contributed by atoms with van der Waals surface area (Å²) in [6, 6.07) is 4.45. The maximum absolute atomic E-state index is 13.3. The average molecular weight is 344 g/mol. The number of hydrogen-bond acceptors (Lipinski definition) is 2. The van der Waals surface area contributed by atoms with Crippen LogP contribution in [-0.2, 0) is 9.59 Å². The summed E-state index contributed by atoms with van der Waals surface area (Å²) in [6.45, 7) is 3.37. The highest BCUT2D eigenvalue weighted by molar-refractivity contribution is 5.96. The van der Waals surface area contributed by atoms with Crippen LogP contribution in [-0.4, -0.2) is 17.4 Å². The number of amides is 2. The third-order valence-electron chi connectivity index (χ3n) is 6.42. The summed E-state index contributed by atoms with van der Waals surface area (Å²) < 4.78 is 13.3. The standard InChI is InChI=1S/C20H25FN2O2/c1-12-5-16(21)3-4-17(12)22-18(25)19-7-14-6-15(8-19)10-20(9-14,11-19)23-13(2)24/h3-5,14-15H,6-11H2,1-2H3,(H,22,25)(H,23,24). The monoisotopic (exact) mass is 344 g/mol. The number of rotatable bonds is 3. The van der Waals surface area contributed by atoms with Crippen molar-refractivity contribution >= 4 is 17.5 Å². The van der Waals surface area contributed by atoms with Gasteiger partial charge in [0, 0.05) is 18.2 Å². The lowest BCUT2D eigenvalue weighted by Gasteiger charge is -2.61. The fourth-order valence-electron chi connectivity index (χ4n) is 6.07. The van der Waals surface area contributed by atoms with Gasteiger partial charge in [0.05, 0.1) is 5.41 Å². The molecule has 4 fully saturated rings. The Morgan fingerprint density at radius 3 is 2.44 bits per heavy atom. The predicted octanol–water partition coefficient (Wildman–Crippen LogP) is 3.55. The van der Waals surface area contributed by atoms with Crippen LogP contribution in [0.4, 0.5) is 10.1 Å². The van der Waals surface area contributed by atoms with Gasteiger partial charge in [-0.25, -0.2) is 4.39 Å². The second kappa shape index (κ2) is 5.55. The molecule has 4 nitrogen and oxygen atoms in total. The van der Waals surface area contributed by atoms with Crippen molar-refractivity contribution in [2.75, 3.05) is 5.32 Å². The van der Waals surface area contributed by atoms with Crippen LogP contribution in [0.2, 0.25) is 0 Å². The molecule has 4 saturated carbocycles. The van der Waals surface area contributed by atoms with Crippen LogP contribution < -0.4 is 10.6 Å². The highest BCUT2D eigenvalue weighted by Gasteiger charge is 2.60. The van der Waals surface area contributed by atoms with E-state index in [1.165, 1.54) is 18.6 Å². The number of nitrogens with one attached hydrogen (secondary N) is 2. The normalized spacial score (nSPS) is 35.5. The second-order valence-electron chi connectivity index (χ2n) is 8.62. The smallest absolute Gasteiger partial charge is 0.230 e. The van der Waals surface area contributed by atoms with Crippen molar-refractivity contribution in [3.63, 3.8) is 0 Å². The van der Waals surface area contributed by atoms with Gasteiger partial charge in [-0.05, 0) is 81.0 Å². The van der Waals surface area contributed by atoms with E-state index < -0.39 is 5.41 Å². The van der Waals surface area contributed by atoms with Crippen LogP contribution in [0.5, 0.6) is 0 Å². The molecule has 1 aromatic carbocycles. The van der Waals surface area contributed by atoms with Crippen LogP contribution in [0.3, 0.4) is 0 Å². The third kappa shape index (κ3) is 2.83. The van der Waals surface area contributed by atoms with E-state index in [1.807, 2.05) is 0 Å². The quantitative estimate of drug-likeness (QED) is 0.881. The van der Waals surface area contributed by atoms with Crippen LogP contribution in [0.15, 0.2) is 18.2 Å². The summed E-state index contributed by atoms with van der Waals surface area (Å²) >= 11 is 0. The van der Waals surface area contributed by atoms with Crippen molar-refractivity contribution in [2.45, 2.75) is 57.9 Å². The van der Waals surface area contributed by atoms with Crippen molar-refractivity contribution < 1.29 is 14.0 Å². The van der Waals surface area contributed by atoms with Gasteiger partial charge in [0.2, 0.25) is 11.8 Å². The molecule has 0 aromatic heterocycles. The van der Waals surface area contributed by atoms with Crippen molar-refractivity contribution in [3.05, 3.63) is 29.6 Å². The summed E-state index contributed by atoms with van der Waals surface area (Å²) in [5.41, 5.74) is 0.781. The van der Waals surface area contributed by atoms with Gasteiger partial charge in [-0.1, -0.05) is 0 Å². The largest absolute Gasteiger partial charge is 0.351 e. The first-order valence-electron chi connectivity index (χ1n) is 9.16. The molecule has 0 aliphatic heterocycles. The molecular formula is C20H25FN2O2. The molecular weight excluding hydrogens is 319 g/mol. The van der Waals surface area contributed by atoms with Gasteiger partial charge >= 0.3 is 0 Å². The summed E-state index contributed by atoms with van der Waals surface area (Å²) in [7, 11) is 0. The third-order valence-corrected chi connectivity index (χ3v) is 6.42. The maximum atomic E-state index is 13.3. The van der Waals surface area contributed by atoms with Gasteiger partial charge in [-0.3, -0.25) is 9.59 Å². The molecule has 5 rings (SSSR count).